The van der Waals surface area contributed by atoms with Gasteiger partial charge in [-0.15, -0.1) is 21.9 Å². The van der Waals surface area contributed by atoms with Crippen LogP contribution in [0.4, 0.5) is 0 Å². The van der Waals surface area contributed by atoms with Crippen molar-refractivity contribution in [1.29, 1.82) is 0 Å². The molecule has 1 fully saturated rings. The minimum Gasteiger partial charge on any atom is -0.464 e. The van der Waals surface area contributed by atoms with Crippen LogP contribution in [0.25, 0.3) is 0 Å². The molecule has 0 amide bonds. The highest BCUT2D eigenvalue weighted by molar-refractivity contribution is 8.00. The standard InChI is InChI=1S/C8H14N2O5S/c11-8(7-9-3-6-16-7)14-4-1-2-5-15-10(12)13/h7,9H,1-6H2. The summed E-state index contributed by atoms with van der Waals surface area (Å²) in [6.45, 7) is 1.14. The maximum absolute atomic E-state index is 11.3. The van der Waals surface area contributed by atoms with Crippen molar-refractivity contribution in [2.45, 2.75) is 18.2 Å². The van der Waals surface area contributed by atoms with E-state index in [2.05, 4.69) is 10.2 Å². The summed E-state index contributed by atoms with van der Waals surface area (Å²) in [6.07, 6.45) is 1.07. The SMILES string of the molecule is O=C(OCCCCO[N+](=O)[O-])C1NCCS1. The molecule has 0 aromatic carbocycles. The van der Waals surface area contributed by atoms with Gasteiger partial charge in [0.25, 0.3) is 5.09 Å². The first kappa shape index (κ1) is 13.0. The number of esters is 1. The molecule has 0 aromatic rings. The molecule has 1 saturated heterocycles. The van der Waals surface area contributed by atoms with Crippen LogP contribution in [0.2, 0.25) is 0 Å². The molecular weight excluding hydrogens is 236 g/mol. The Hall–Kier alpha value is -1.02. The molecular formula is C8H14N2O5S. The Balaban J connectivity index is 1.94. The zero-order valence-electron chi connectivity index (χ0n) is 8.72. The first-order chi connectivity index (χ1) is 7.70. The number of ether oxygens (including phenoxy) is 1. The van der Waals surface area contributed by atoms with Gasteiger partial charge in [-0.3, -0.25) is 5.32 Å². The normalized spacial score (nSPS) is 19.4. The molecule has 16 heavy (non-hydrogen) atoms. The van der Waals surface area contributed by atoms with Gasteiger partial charge in [-0.05, 0) is 12.8 Å². The van der Waals surface area contributed by atoms with Crippen molar-refractivity contribution in [2.24, 2.45) is 0 Å². The molecule has 1 rings (SSSR count). The van der Waals surface area contributed by atoms with Crippen LogP contribution in [-0.4, -0.2) is 41.9 Å². The molecule has 0 aliphatic carbocycles. The lowest BCUT2D eigenvalue weighted by Gasteiger charge is -2.09. The molecule has 1 N–H and O–H groups in total. The summed E-state index contributed by atoms with van der Waals surface area (Å²) >= 11 is 1.52. The summed E-state index contributed by atoms with van der Waals surface area (Å²) in [5, 5.41) is 11.7. The van der Waals surface area contributed by atoms with E-state index < -0.39 is 5.09 Å². The molecule has 0 aromatic heterocycles. The zero-order chi connectivity index (χ0) is 11.8. The maximum atomic E-state index is 11.3. The van der Waals surface area contributed by atoms with Gasteiger partial charge in [0.05, 0.1) is 13.2 Å². The van der Waals surface area contributed by atoms with Crippen molar-refractivity contribution < 1.29 is 19.5 Å². The molecule has 1 aliphatic rings. The minimum atomic E-state index is -0.828. The number of hydrogen-bond acceptors (Lipinski definition) is 7. The fourth-order valence-electron chi connectivity index (χ4n) is 1.17. The first-order valence-electron chi connectivity index (χ1n) is 4.99. The zero-order valence-corrected chi connectivity index (χ0v) is 9.53. The van der Waals surface area contributed by atoms with Gasteiger partial charge in [0.15, 0.2) is 5.37 Å². The van der Waals surface area contributed by atoms with Crippen molar-refractivity contribution >= 4 is 17.7 Å². The van der Waals surface area contributed by atoms with Crippen LogP contribution in [0.5, 0.6) is 0 Å². The third-order valence-corrected chi connectivity index (χ3v) is 3.04. The summed E-state index contributed by atoms with van der Waals surface area (Å²) in [5.41, 5.74) is 0. The monoisotopic (exact) mass is 250 g/mol. The summed E-state index contributed by atoms with van der Waals surface area (Å²) in [7, 11) is 0. The number of thioether (sulfide) groups is 1. The fraction of sp³-hybridized carbons (Fsp3) is 0.875. The third kappa shape index (κ3) is 5.17. The van der Waals surface area contributed by atoms with Crippen molar-refractivity contribution in [3.63, 3.8) is 0 Å². The molecule has 0 bridgehead atoms. The Morgan fingerprint density at radius 3 is 2.88 bits per heavy atom. The highest BCUT2D eigenvalue weighted by Gasteiger charge is 2.23. The second-order valence-electron chi connectivity index (χ2n) is 3.14. The van der Waals surface area contributed by atoms with Crippen molar-refractivity contribution in [1.82, 2.24) is 5.32 Å². The lowest BCUT2D eigenvalue weighted by Crippen LogP contribution is -2.30. The lowest BCUT2D eigenvalue weighted by molar-refractivity contribution is -0.757. The van der Waals surface area contributed by atoms with E-state index in [1.807, 2.05) is 0 Å². The van der Waals surface area contributed by atoms with E-state index in [1.165, 1.54) is 11.8 Å². The van der Waals surface area contributed by atoms with E-state index >= 15 is 0 Å². The predicted molar refractivity (Wildman–Crippen MR) is 57.4 cm³/mol. The Morgan fingerprint density at radius 2 is 2.25 bits per heavy atom. The van der Waals surface area contributed by atoms with Gasteiger partial charge in [-0.25, -0.2) is 4.79 Å². The van der Waals surface area contributed by atoms with Gasteiger partial charge in [-0.1, -0.05) is 0 Å². The molecule has 7 nitrogen and oxygen atoms in total. The quantitative estimate of drug-likeness (QED) is 0.298. The predicted octanol–water partition coefficient (Wildman–Crippen LogP) is 0.181. The molecule has 0 spiro atoms. The Labute approximate surface area is 97.0 Å². The number of carbonyl (C=O) groups excluding carboxylic acids is 1. The molecule has 1 atom stereocenters. The largest absolute Gasteiger partial charge is 0.464 e. The number of hydrogen-bond donors (Lipinski definition) is 1. The minimum absolute atomic E-state index is 0.0426. The smallest absolute Gasteiger partial charge is 0.333 e. The Bertz CT molecular complexity index is 245. The van der Waals surface area contributed by atoms with Gasteiger partial charge in [0.2, 0.25) is 0 Å². The van der Waals surface area contributed by atoms with Crippen molar-refractivity contribution in [3.8, 4) is 0 Å². The average molecular weight is 250 g/mol. The van der Waals surface area contributed by atoms with Crippen molar-refractivity contribution in [2.75, 3.05) is 25.5 Å². The third-order valence-electron chi connectivity index (χ3n) is 1.91. The molecule has 92 valence electrons. The van der Waals surface area contributed by atoms with E-state index in [1.54, 1.807) is 0 Å². The van der Waals surface area contributed by atoms with E-state index in [-0.39, 0.29) is 24.6 Å². The summed E-state index contributed by atoms with van der Waals surface area (Å²) < 4.78 is 4.99. The number of nitrogens with one attached hydrogen (secondary N) is 1. The highest BCUT2D eigenvalue weighted by atomic mass is 32.2. The van der Waals surface area contributed by atoms with Gasteiger partial charge in [0.1, 0.15) is 0 Å². The number of unbranched alkanes of at least 4 members (excludes halogenated alkanes) is 1. The summed E-state index contributed by atoms with van der Waals surface area (Å²) in [6, 6.07) is 0. The second kappa shape index (κ2) is 7.29. The van der Waals surface area contributed by atoms with Gasteiger partial charge in [-0.2, -0.15) is 0 Å². The first-order valence-corrected chi connectivity index (χ1v) is 6.04. The number of rotatable bonds is 7. The second-order valence-corrected chi connectivity index (χ2v) is 4.35. The van der Waals surface area contributed by atoms with Gasteiger partial charge < -0.3 is 9.57 Å². The van der Waals surface area contributed by atoms with E-state index in [9.17, 15) is 14.9 Å². The van der Waals surface area contributed by atoms with Crippen molar-refractivity contribution in [3.05, 3.63) is 10.1 Å². The van der Waals surface area contributed by atoms with Gasteiger partial charge >= 0.3 is 5.97 Å². The average Bonchev–Trinajstić information content (AvgIpc) is 2.75. The van der Waals surface area contributed by atoms with E-state index in [0.29, 0.717) is 12.8 Å². The summed E-state index contributed by atoms with van der Waals surface area (Å²) in [5.74, 6) is 0.647. The maximum Gasteiger partial charge on any atom is 0.333 e. The van der Waals surface area contributed by atoms with Crippen LogP contribution in [0.15, 0.2) is 0 Å². The summed E-state index contributed by atoms with van der Waals surface area (Å²) in [4.78, 5) is 25.3. The molecule has 1 unspecified atom stereocenters. The molecule has 1 heterocycles. The Morgan fingerprint density at radius 1 is 1.50 bits per heavy atom. The van der Waals surface area contributed by atoms with E-state index in [0.717, 1.165) is 12.3 Å². The number of nitrogens with zero attached hydrogens (tertiary/aromatic N) is 1. The molecule has 0 saturated carbocycles. The van der Waals surface area contributed by atoms with Crippen LogP contribution in [0.3, 0.4) is 0 Å². The van der Waals surface area contributed by atoms with Gasteiger partial charge in [0, 0.05) is 12.3 Å². The molecule has 0 radical (unpaired) electrons. The molecule has 1 aliphatic heterocycles. The van der Waals surface area contributed by atoms with E-state index in [4.69, 9.17) is 4.74 Å². The van der Waals surface area contributed by atoms with Crippen LogP contribution in [0, 0.1) is 10.1 Å². The van der Waals surface area contributed by atoms with Crippen LogP contribution >= 0.6 is 11.8 Å². The van der Waals surface area contributed by atoms with Crippen LogP contribution in [0.1, 0.15) is 12.8 Å². The van der Waals surface area contributed by atoms with Crippen LogP contribution < -0.4 is 5.32 Å². The Kier molecular flexibility index (Phi) is 5.94. The molecule has 8 heteroatoms. The topological polar surface area (TPSA) is 90.7 Å². The fourth-order valence-corrected chi connectivity index (χ4v) is 2.08. The lowest BCUT2D eigenvalue weighted by atomic mass is 10.3. The number of carbonyl (C=O) groups is 1. The van der Waals surface area contributed by atoms with Crippen LogP contribution in [-0.2, 0) is 14.4 Å². The highest BCUT2D eigenvalue weighted by Crippen LogP contribution is 2.14.